The van der Waals surface area contributed by atoms with E-state index < -0.39 is 0 Å². The number of nitrogens with one attached hydrogen (secondary N) is 1. The fourth-order valence-corrected chi connectivity index (χ4v) is 3.43. The summed E-state index contributed by atoms with van der Waals surface area (Å²) in [7, 11) is 0. The van der Waals surface area contributed by atoms with Gasteiger partial charge in [0.2, 0.25) is 0 Å². The van der Waals surface area contributed by atoms with Gasteiger partial charge in [0.25, 0.3) is 0 Å². The van der Waals surface area contributed by atoms with Crippen LogP contribution in [0.15, 0.2) is 42.5 Å². The quantitative estimate of drug-likeness (QED) is 0.866. The molecule has 1 heterocycles. The second kappa shape index (κ2) is 5.98. The van der Waals surface area contributed by atoms with Gasteiger partial charge in [-0.25, -0.2) is 4.39 Å². The van der Waals surface area contributed by atoms with E-state index in [4.69, 9.17) is 0 Å². The SMILES string of the molecule is Cc1cccc(C2CNCCC2c2cc(C)ccc2F)c1. The van der Waals surface area contributed by atoms with Gasteiger partial charge in [-0.2, -0.15) is 0 Å². The molecule has 2 unspecified atom stereocenters. The molecule has 1 fully saturated rings. The summed E-state index contributed by atoms with van der Waals surface area (Å²) in [5, 5.41) is 3.46. The Morgan fingerprint density at radius 1 is 1.00 bits per heavy atom. The van der Waals surface area contributed by atoms with E-state index in [9.17, 15) is 4.39 Å². The molecule has 1 aliphatic heterocycles. The molecule has 1 N–H and O–H groups in total. The van der Waals surface area contributed by atoms with Gasteiger partial charge in [-0.1, -0.05) is 47.5 Å². The highest BCUT2D eigenvalue weighted by Gasteiger charge is 2.29. The van der Waals surface area contributed by atoms with E-state index in [0.29, 0.717) is 5.92 Å². The fourth-order valence-electron chi connectivity index (χ4n) is 3.43. The smallest absolute Gasteiger partial charge is 0.126 e. The van der Waals surface area contributed by atoms with Crippen molar-refractivity contribution in [3.05, 3.63) is 70.5 Å². The summed E-state index contributed by atoms with van der Waals surface area (Å²) in [6, 6.07) is 14.1. The third kappa shape index (κ3) is 3.01. The standard InChI is InChI=1S/C19H22FN/c1-13-4-3-5-15(10-13)18-12-21-9-8-16(18)17-11-14(2)6-7-19(17)20/h3-7,10-11,16,18,21H,8-9,12H2,1-2H3. The molecule has 0 spiro atoms. The van der Waals surface area contributed by atoms with E-state index >= 15 is 0 Å². The zero-order valence-electron chi connectivity index (χ0n) is 12.7. The van der Waals surface area contributed by atoms with E-state index in [1.807, 2.05) is 19.1 Å². The molecule has 0 aromatic heterocycles. The molecular weight excluding hydrogens is 261 g/mol. The van der Waals surface area contributed by atoms with Crippen molar-refractivity contribution >= 4 is 0 Å². The molecule has 3 rings (SSSR count). The van der Waals surface area contributed by atoms with Crippen molar-refractivity contribution in [3.63, 3.8) is 0 Å². The molecule has 21 heavy (non-hydrogen) atoms. The van der Waals surface area contributed by atoms with Crippen LogP contribution in [0.5, 0.6) is 0 Å². The van der Waals surface area contributed by atoms with Crippen LogP contribution in [0.4, 0.5) is 4.39 Å². The first kappa shape index (κ1) is 14.3. The summed E-state index contributed by atoms with van der Waals surface area (Å²) in [4.78, 5) is 0. The van der Waals surface area contributed by atoms with E-state index in [-0.39, 0.29) is 11.7 Å². The van der Waals surface area contributed by atoms with Crippen LogP contribution in [-0.4, -0.2) is 13.1 Å². The molecule has 1 nitrogen and oxygen atoms in total. The van der Waals surface area contributed by atoms with Crippen molar-refractivity contribution in [1.29, 1.82) is 0 Å². The van der Waals surface area contributed by atoms with Crippen LogP contribution in [0.2, 0.25) is 0 Å². The highest BCUT2D eigenvalue weighted by atomic mass is 19.1. The highest BCUT2D eigenvalue weighted by Crippen LogP contribution is 2.38. The summed E-state index contributed by atoms with van der Waals surface area (Å²) in [5.74, 6) is 0.535. The number of benzene rings is 2. The largest absolute Gasteiger partial charge is 0.316 e. The van der Waals surface area contributed by atoms with Gasteiger partial charge in [-0.3, -0.25) is 0 Å². The van der Waals surface area contributed by atoms with E-state index in [0.717, 1.165) is 30.6 Å². The van der Waals surface area contributed by atoms with Crippen LogP contribution in [0.25, 0.3) is 0 Å². The van der Waals surface area contributed by atoms with Crippen molar-refractivity contribution in [2.75, 3.05) is 13.1 Å². The summed E-state index contributed by atoms with van der Waals surface area (Å²) < 4.78 is 14.3. The van der Waals surface area contributed by atoms with Crippen LogP contribution in [0.1, 0.15) is 40.5 Å². The average molecular weight is 283 g/mol. The lowest BCUT2D eigenvalue weighted by molar-refractivity contribution is 0.393. The molecule has 2 heteroatoms. The van der Waals surface area contributed by atoms with Crippen LogP contribution >= 0.6 is 0 Å². The van der Waals surface area contributed by atoms with Crippen molar-refractivity contribution in [2.24, 2.45) is 0 Å². The predicted molar refractivity (Wildman–Crippen MR) is 85.3 cm³/mol. The second-order valence-electron chi connectivity index (χ2n) is 6.14. The molecule has 1 aliphatic rings. The van der Waals surface area contributed by atoms with Gasteiger partial charge in [0.05, 0.1) is 0 Å². The number of hydrogen-bond acceptors (Lipinski definition) is 1. The zero-order chi connectivity index (χ0) is 14.8. The van der Waals surface area contributed by atoms with Crippen LogP contribution < -0.4 is 5.32 Å². The van der Waals surface area contributed by atoms with Gasteiger partial charge >= 0.3 is 0 Å². The number of rotatable bonds is 2. The van der Waals surface area contributed by atoms with Gasteiger partial charge in [0.1, 0.15) is 5.82 Å². The maximum atomic E-state index is 14.3. The monoisotopic (exact) mass is 283 g/mol. The Balaban J connectivity index is 2.00. The summed E-state index contributed by atoms with van der Waals surface area (Å²) in [5.41, 5.74) is 4.59. The van der Waals surface area contributed by atoms with Gasteiger partial charge in [0.15, 0.2) is 0 Å². The van der Waals surface area contributed by atoms with Crippen molar-refractivity contribution < 1.29 is 4.39 Å². The number of aryl methyl sites for hydroxylation is 2. The number of piperidine rings is 1. The number of halogens is 1. The normalized spacial score (nSPS) is 22.2. The van der Waals surface area contributed by atoms with Crippen LogP contribution in [0.3, 0.4) is 0 Å². The Morgan fingerprint density at radius 2 is 1.81 bits per heavy atom. The van der Waals surface area contributed by atoms with Gasteiger partial charge in [-0.05, 0) is 49.9 Å². The zero-order valence-corrected chi connectivity index (χ0v) is 12.7. The molecule has 0 aliphatic carbocycles. The summed E-state index contributed by atoms with van der Waals surface area (Å²) in [6.07, 6.45) is 0.985. The lowest BCUT2D eigenvalue weighted by Crippen LogP contribution is -2.34. The molecule has 0 saturated carbocycles. The first-order valence-electron chi connectivity index (χ1n) is 7.68. The summed E-state index contributed by atoms with van der Waals surface area (Å²) in [6.45, 7) is 6.02. The second-order valence-corrected chi connectivity index (χ2v) is 6.14. The molecule has 0 amide bonds. The highest BCUT2D eigenvalue weighted by molar-refractivity contribution is 5.34. The molecule has 2 atom stereocenters. The predicted octanol–water partition coefficient (Wildman–Crippen LogP) is 4.30. The third-order valence-corrected chi connectivity index (χ3v) is 4.50. The molecule has 2 aromatic carbocycles. The lowest BCUT2D eigenvalue weighted by atomic mass is 9.76. The lowest BCUT2D eigenvalue weighted by Gasteiger charge is -2.33. The third-order valence-electron chi connectivity index (χ3n) is 4.50. The Bertz CT molecular complexity index is 635. The van der Waals surface area contributed by atoms with Crippen molar-refractivity contribution in [2.45, 2.75) is 32.1 Å². The Kier molecular flexibility index (Phi) is 4.07. The minimum Gasteiger partial charge on any atom is -0.316 e. The molecule has 0 bridgehead atoms. The summed E-state index contributed by atoms with van der Waals surface area (Å²) >= 11 is 0. The van der Waals surface area contributed by atoms with E-state index in [1.165, 1.54) is 11.1 Å². The maximum Gasteiger partial charge on any atom is 0.126 e. The van der Waals surface area contributed by atoms with Gasteiger partial charge in [-0.15, -0.1) is 0 Å². The van der Waals surface area contributed by atoms with Crippen molar-refractivity contribution in [3.8, 4) is 0 Å². The Morgan fingerprint density at radius 3 is 2.62 bits per heavy atom. The molecule has 1 saturated heterocycles. The van der Waals surface area contributed by atoms with Crippen LogP contribution in [-0.2, 0) is 0 Å². The van der Waals surface area contributed by atoms with E-state index in [1.54, 1.807) is 6.07 Å². The average Bonchev–Trinajstić information content (AvgIpc) is 2.50. The van der Waals surface area contributed by atoms with E-state index in [2.05, 4.69) is 36.5 Å². The minimum atomic E-state index is -0.0647. The minimum absolute atomic E-state index is 0.0647. The topological polar surface area (TPSA) is 12.0 Å². The van der Waals surface area contributed by atoms with Crippen LogP contribution in [0, 0.1) is 19.7 Å². The maximum absolute atomic E-state index is 14.3. The number of hydrogen-bond donors (Lipinski definition) is 1. The Labute approximate surface area is 126 Å². The first-order chi connectivity index (χ1) is 10.1. The van der Waals surface area contributed by atoms with Gasteiger partial charge in [0, 0.05) is 12.5 Å². The molecular formula is C19H22FN. The molecule has 110 valence electrons. The Hall–Kier alpha value is -1.67. The first-order valence-corrected chi connectivity index (χ1v) is 7.68. The molecule has 2 aromatic rings. The van der Waals surface area contributed by atoms with Gasteiger partial charge < -0.3 is 5.32 Å². The molecule has 0 radical (unpaired) electrons. The van der Waals surface area contributed by atoms with Crippen molar-refractivity contribution in [1.82, 2.24) is 5.32 Å². The fraction of sp³-hybridized carbons (Fsp3) is 0.368.